The smallest absolute Gasteiger partial charge is 0.312 e. The van der Waals surface area contributed by atoms with E-state index in [2.05, 4.69) is 5.32 Å². The van der Waals surface area contributed by atoms with Crippen molar-refractivity contribution >= 4 is 35.1 Å². The lowest BCUT2D eigenvalue weighted by Gasteiger charge is -2.31. The van der Waals surface area contributed by atoms with Crippen LogP contribution >= 0.6 is 0 Å². The number of esters is 1. The first-order valence-electron chi connectivity index (χ1n) is 10.1. The van der Waals surface area contributed by atoms with Gasteiger partial charge in [0.2, 0.25) is 11.8 Å². The molecule has 8 nitrogen and oxygen atoms in total. The number of likely N-dealkylation sites (tertiary alicyclic amines) is 1. The van der Waals surface area contributed by atoms with Crippen molar-refractivity contribution in [2.24, 2.45) is 5.92 Å². The molecule has 2 heterocycles. The first kappa shape index (κ1) is 19.4. The largest absolute Gasteiger partial charge is 0.452 e. The highest BCUT2D eigenvalue weighted by molar-refractivity contribution is 6.11. The van der Waals surface area contributed by atoms with Gasteiger partial charge in [0.15, 0.2) is 6.10 Å². The van der Waals surface area contributed by atoms with E-state index in [9.17, 15) is 19.2 Å². The number of amides is 3. The number of hydrogen-bond donors (Lipinski definition) is 1. The first-order valence-corrected chi connectivity index (χ1v) is 10.1. The average Bonchev–Trinajstić information content (AvgIpc) is 3.36. The molecule has 1 aromatic rings. The van der Waals surface area contributed by atoms with Gasteiger partial charge in [0.1, 0.15) is 6.54 Å². The summed E-state index contributed by atoms with van der Waals surface area (Å²) >= 11 is 0. The molecule has 0 bridgehead atoms. The standard InChI is InChI=1S/C21H25N3O5/c1-13(20(27)24-12-18(25)22-16-8-4-5-9-17(16)24)29-21(28)14-10-19(26)23(11-14)15-6-2-3-7-15/h4-5,8-9,13-15H,2-3,6-7,10-12H2,1H3,(H,22,25)/t13-,14+/m1/s1. The van der Waals surface area contributed by atoms with Gasteiger partial charge in [-0.05, 0) is 31.9 Å². The van der Waals surface area contributed by atoms with Crippen molar-refractivity contribution in [2.45, 2.75) is 51.2 Å². The highest BCUT2D eigenvalue weighted by Crippen LogP contribution is 2.31. The zero-order valence-electron chi connectivity index (χ0n) is 16.4. The molecule has 1 saturated heterocycles. The minimum atomic E-state index is -1.04. The molecule has 154 valence electrons. The number of nitrogens with one attached hydrogen (secondary N) is 1. The molecule has 0 radical (unpaired) electrons. The molecule has 8 heteroatoms. The zero-order chi connectivity index (χ0) is 20.5. The van der Waals surface area contributed by atoms with Crippen molar-refractivity contribution < 1.29 is 23.9 Å². The number of fused-ring (bicyclic) bond motifs is 1. The molecule has 1 aliphatic carbocycles. The van der Waals surface area contributed by atoms with Crippen LogP contribution in [0.1, 0.15) is 39.0 Å². The van der Waals surface area contributed by atoms with Crippen molar-refractivity contribution in [3.63, 3.8) is 0 Å². The molecule has 2 fully saturated rings. The van der Waals surface area contributed by atoms with E-state index in [-0.39, 0.29) is 30.8 Å². The highest BCUT2D eigenvalue weighted by Gasteiger charge is 2.41. The second kappa shape index (κ2) is 7.85. The Labute approximate surface area is 169 Å². The maximum Gasteiger partial charge on any atom is 0.312 e. The van der Waals surface area contributed by atoms with Crippen LogP contribution in [0.5, 0.6) is 0 Å². The molecule has 0 unspecified atom stereocenters. The number of carbonyl (C=O) groups excluding carboxylic acids is 4. The van der Waals surface area contributed by atoms with Crippen LogP contribution in [-0.2, 0) is 23.9 Å². The van der Waals surface area contributed by atoms with Gasteiger partial charge in [-0.25, -0.2) is 0 Å². The molecule has 3 aliphatic rings. The monoisotopic (exact) mass is 399 g/mol. The third-order valence-corrected chi connectivity index (χ3v) is 5.93. The topological polar surface area (TPSA) is 96.0 Å². The molecule has 1 aromatic carbocycles. The van der Waals surface area contributed by atoms with Crippen LogP contribution in [0.15, 0.2) is 24.3 Å². The number of nitrogens with zero attached hydrogens (tertiary/aromatic N) is 2. The minimum absolute atomic E-state index is 0.0144. The van der Waals surface area contributed by atoms with Gasteiger partial charge in [-0.2, -0.15) is 0 Å². The molecule has 4 rings (SSSR count). The Morgan fingerprint density at radius 2 is 1.90 bits per heavy atom. The molecule has 0 spiro atoms. The van der Waals surface area contributed by atoms with Crippen molar-refractivity contribution in [3.8, 4) is 0 Å². The molecular weight excluding hydrogens is 374 g/mol. The summed E-state index contributed by atoms with van der Waals surface area (Å²) in [6.45, 7) is 1.73. The summed E-state index contributed by atoms with van der Waals surface area (Å²) in [5.74, 6) is -1.86. The fourth-order valence-corrected chi connectivity index (χ4v) is 4.43. The van der Waals surface area contributed by atoms with Gasteiger partial charge in [-0.15, -0.1) is 0 Å². The number of carbonyl (C=O) groups is 4. The Morgan fingerprint density at radius 3 is 2.66 bits per heavy atom. The normalized spacial score (nSPS) is 23.0. The van der Waals surface area contributed by atoms with Crippen molar-refractivity contribution in [1.29, 1.82) is 0 Å². The SMILES string of the molecule is C[C@@H](OC(=O)[C@H]1CC(=O)N(C2CCCC2)C1)C(=O)N1CC(=O)Nc2ccccc21. The van der Waals surface area contributed by atoms with E-state index in [0.717, 1.165) is 25.7 Å². The van der Waals surface area contributed by atoms with Gasteiger partial charge in [-0.1, -0.05) is 25.0 Å². The lowest BCUT2D eigenvalue weighted by Crippen LogP contribution is -2.47. The number of hydrogen-bond acceptors (Lipinski definition) is 5. The lowest BCUT2D eigenvalue weighted by molar-refractivity contribution is -0.157. The molecule has 0 aromatic heterocycles. The van der Waals surface area contributed by atoms with E-state index in [1.54, 1.807) is 29.2 Å². The molecule has 2 aliphatic heterocycles. The highest BCUT2D eigenvalue weighted by atomic mass is 16.5. The quantitative estimate of drug-likeness (QED) is 0.778. The van der Waals surface area contributed by atoms with E-state index in [1.807, 2.05) is 0 Å². The fourth-order valence-electron chi connectivity index (χ4n) is 4.43. The van der Waals surface area contributed by atoms with Gasteiger partial charge in [0.05, 0.1) is 17.3 Å². The van der Waals surface area contributed by atoms with Crippen LogP contribution < -0.4 is 10.2 Å². The maximum atomic E-state index is 12.9. The predicted octanol–water partition coefficient (Wildman–Crippen LogP) is 1.69. The van der Waals surface area contributed by atoms with E-state index in [0.29, 0.717) is 17.9 Å². The molecule has 1 N–H and O–H groups in total. The molecule has 1 saturated carbocycles. The number of rotatable bonds is 4. The van der Waals surface area contributed by atoms with E-state index >= 15 is 0 Å². The van der Waals surface area contributed by atoms with Crippen molar-refractivity contribution in [2.75, 3.05) is 23.3 Å². The maximum absolute atomic E-state index is 12.9. The van der Waals surface area contributed by atoms with Crippen LogP contribution in [0, 0.1) is 5.92 Å². The van der Waals surface area contributed by atoms with Crippen molar-refractivity contribution in [3.05, 3.63) is 24.3 Å². The second-order valence-corrected chi connectivity index (χ2v) is 7.95. The van der Waals surface area contributed by atoms with E-state index in [1.165, 1.54) is 11.8 Å². The summed E-state index contributed by atoms with van der Waals surface area (Å²) in [5.41, 5.74) is 1.12. The van der Waals surface area contributed by atoms with Crippen LogP contribution in [-0.4, -0.2) is 53.8 Å². The molecule has 2 atom stereocenters. The molecule has 29 heavy (non-hydrogen) atoms. The van der Waals surface area contributed by atoms with Crippen LogP contribution in [0.4, 0.5) is 11.4 Å². The van der Waals surface area contributed by atoms with Gasteiger partial charge in [-0.3, -0.25) is 24.1 Å². The molecule has 3 amide bonds. The van der Waals surface area contributed by atoms with E-state index < -0.39 is 23.9 Å². The Balaban J connectivity index is 1.40. The van der Waals surface area contributed by atoms with Crippen molar-refractivity contribution in [1.82, 2.24) is 4.90 Å². The first-order chi connectivity index (χ1) is 13.9. The summed E-state index contributed by atoms with van der Waals surface area (Å²) in [6, 6.07) is 7.21. The number of benzene rings is 1. The summed E-state index contributed by atoms with van der Waals surface area (Å²) in [6.07, 6.45) is 3.28. The van der Waals surface area contributed by atoms with Crippen LogP contribution in [0.25, 0.3) is 0 Å². The Kier molecular flexibility index (Phi) is 5.25. The number of para-hydroxylation sites is 2. The second-order valence-electron chi connectivity index (χ2n) is 7.95. The third-order valence-electron chi connectivity index (χ3n) is 5.93. The van der Waals surface area contributed by atoms with Gasteiger partial charge in [0.25, 0.3) is 5.91 Å². The van der Waals surface area contributed by atoms with Crippen LogP contribution in [0.2, 0.25) is 0 Å². The summed E-state index contributed by atoms with van der Waals surface area (Å²) in [7, 11) is 0. The third kappa shape index (κ3) is 3.83. The number of anilines is 2. The van der Waals surface area contributed by atoms with Gasteiger partial charge >= 0.3 is 5.97 Å². The Bertz CT molecular complexity index is 848. The summed E-state index contributed by atoms with van der Waals surface area (Å²) < 4.78 is 5.42. The lowest BCUT2D eigenvalue weighted by atomic mass is 10.1. The fraction of sp³-hybridized carbons (Fsp3) is 0.524. The van der Waals surface area contributed by atoms with Crippen LogP contribution in [0.3, 0.4) is 0 Å². The van der Waals surface area contributed by atoms with Gasteiger partial charge < -0.3 is 15.0 Å². The minimum Gasteiger partial charge on any atom is -0.452 e. The number of ether oxygens (including phenoxy) is 1. The Morgan fingerprint density at radius 1 is 1.17 bits per heavy atom. The predicted molar refractivity (Wildman–Crippen MR) is 105 cm³/mol. The summed E-state index contributed by atoms with van der Waals surface area (Å²) in [5, 5.41) is 2.72. The van der Waals surface area contributed by atoms with Gasteiger partial charge in [0, 0.05) is 19.0 Å². The zero-order valence-corrected chi connectivity index (χ0v) is 16.4. The van der Waals surface area contributed by atoms with E-state index in [4.69, 9.17) is 4.74 Å². The average molecular weight is 399 g/mol. The Hall–Kier alpha value is -2.90. The summed E-state index contributed by atoms with van der Waals surface area (Å²) in [4.78, 5) is 52.9. The molecular formula is C21H25N3O5.